The van der Waals surface area contributed by atoms with E-state index in [0.29, 0.717) is 11.5 Å². The third-order valence-corrected chi connectivity index (χ3v) is 4.64. The van der Waals surface area contributed by atoms with E-state index in [9.17, 15) is 8.42 Å². The van der Waals surface area contributed by atoms with Gasteiger partial charge in [-0.05, 0) is 30.2 Å². The first kappa shape index (κ1) is 13.3. The first-order chi connectivity index (χ1) is 8.41. The van der Waals surface area contributed by atoms with Crippen molar-refractivity contribution in [1.82, 2.24) is 0 Å². The Morgan fingerprint density at radius 2 is 2.28 bits per heavy atom. The number of nitrogens with zero attached hydrogens (tertiary/aromatic N) is 1. The van der Waals surface area contributed by atoms with Crippen LogP contribution < -0.4 is 0 Å². The number of aliphatic imine (C=N–C) groups is 1. The maximum absolute atomic E-state index is 11.1. The lowest BCUT2D eigenvalue weighted by Gasteiger charge is -2.11. The van der Waals surface area contributed by atoms with Gasteiger partial charge in [0.15, 0.2) is 0 Å². The fourth-order valence-electron chi connectivity index (χ4n) is 1.67. The average Bonchev–Trinajstić information content (AvgIpc) is 2.76. The van der Waals surface area contributed by atoms with E-state index in [-0.39, 0.29) is 10.3 Å². The van der Waals surface area contributed by atoms with Crippen molar-refractivity contribution < 1.29 is 13.0 Å². The molecular weight excluding hydrogens is 272 g/mol. The summed E-state index contributed by atoms with van der Waals surface area (Å²) in [6.45, 7) is 1.86. The van der Waals surface area contributed by atoms with Gasteiger partial charge in [0, 0.05) is 12.0 Å². The Morgan fingerprint density at radius 1 is 1.56 bits per heavy atom. The molecule has 1 aliphatic rings. The zero-order chi connectivity index (χ0) is 13.3. The normalized spacial score (nSPS) is 19.7. The SMILES string of the molecule is Cc1ccc(S(=O)(=O)O)cc1C1N=C(C=N)CS1. The topological polar surface area (TPSA) is 90.6 Å². The third kappa shape index (κ3) is 2.63. The molecule has 1 atom stereocenters. The van der Waals surface area contributed by atoms with Crippen molar-refractivity contribution in [3.63, 3.8) is 0 Å². The molecule has 1 heterocycles. The van der Waals surface area contributed by atoms with Crippen LogP contribution in [0.3, 0.4) is 0 Å². The lowest BCUT2D eigenvalue weighted by atomic mass is 10.1. The predicted octanol–water partition coefficient (Wildman–Crippen LogP) is 2.08. The van der Waals surface area contributed by atoms with Crippen LogP contribution >= 0.6 is 11.8 Å². The highest BCUT2D eigenvalue weighted by atomic mass is 32.2. The van der Waals surface area contributed by atoms with Crippen molar-refractivity contribution in [2.24, 2.45) is 4.99 Å². The van der Waals surface area contributed by atoms with Gasteiger partial charge in [0.1, 0.15) is 5.37 Å². The molecule has 0 saturated heterocycles. The second-order valence-electron chi connectivity index (χ2n) is 3.92. The van der Waals surface area contributed by atoms with Crippen molar-refractivity contribution in [2.45, 2.75) is 17.2 Å². The molecule has 0 bridgehead atoms. The van der Waals surface area contributed by atoms with Crippen LogP contribution in [0.5, 0.6) is 0 Å². The Bertz CT molecular complexity index is 623. The van der Waals surface area contributed by atoms with Crippen LogP contribution in [0.1, 0.15) is 16.5 Å². The molecule has 0 aliphatic carbocycles. The van der Waals surface area contributed by atoms with Gasteiger partial charge < -0.3 is 5.41 Å². The molecule has 0 radical (unpaired) electrons. The maximum Gasteiger partial charge on any atom is 0.294 e. The van der Waals surface area contributed by atoms with Crippen LogP contribution in [0.4, 0.5) is 0 Å². The van der Waals surface area contributed by atoms with Gasteiger partial charge in [0.05, 0.1) is 10.6 Å². The minimum absolute atomic E-state index is 0.123. The van der Waals surface area contributed by atoms with E-state index in [1.165, 1.54) is 30.1 Å². The predicted molar refractivity (Wildman–Crippen MR) is 72.4 cm³/mol. The quantitative estimate of drug-likeness (QED) is 0.656. The van der Waals surface area contributed by atoms with Crippen LogP contribution in [0.2, 0.25) is 0 Å². The molecular formula is C11H12N2O3S2. The van der Waals surface area contributed by atoms with Gasteiger partial charge in [-0.1, -0.05) is 6.07 Å². The second kappa shape index (κ2) is 4.83. The van der Waals surface area contributed by atoms with E-state index in [2.05, 4.69) is 4.99 Å². The average molecular weight is 284 g/mol. The molecule has 5 nitrogen and oxygen atoms in total. The lowest BCUT2D eigenvalue weighted by molar-refractivity contribution is 0.483. The molecule has 0 saturated carbocycles. The number of rotatable bonds is 3. The molecule has 0 fully saturated rings. The third-order valence-electron chi connectivity index (χ3n) is 2.65. The van der Waals surface area contributed by atoms with Crippen LogP contribution in [-0.2, 0) is 10.1 Å². The summed E-state index contributed by atoms with van der Waals surface area (Å²) in [5.74, 6) is 0.643. The number of hydrogen-bond donors (Lipinski definition) is 2. The molecule has 2 rings (SSSR count). The molecule has 96 valence electrons. The van der Waals surface area contributed by atoms with Crippen molar-refractivity contribution >= 4 is 33.8 Å². The molecule has 1 aromatic rings. The number of thioether (sulfide) groups is 1. The van der Waals surface area contributed by atoms with Gasteiger partial charge in [-0.15, -0.1) is 11.8 Å². The van der Waals surface area contributed by atoms with E-state index in [1.54, 1.807) is 6.07 Å². The minimum Gasteiger partial charge on any atom is -0.307 e. The summed E-state index contributed by atoms with van der Waals surface area (Å²) in [5.41, 5.74) is 2.35. The van der Waals surface area contributed by atoms with Crippen LogP contribution in [0.25, 0.3) is 0 Å². The highest BCUT2D eigenvalue weighted by Gasteiger charge is 2.22. The van der Waals surface area contributed by atoms with E-state index >= 15 is 0 Å². The van der Waals surface area contributed by atoms with Gasteiger partial charge in [-0.3, -0.25) is 9.55 Å². The summed E-state index contributed by atoms with van der Waals surface area (Å²) in [6, 6.07) is 4.46. The zero-order valence-corrected chi connectivity index (χ0v) is 11.3. The van der Waals surface area contributed by atoms with Gasteiger partial charge in [-0.25, -0.2) is 0 Å². The number of hydrogen-bond acceptors (Lipinski definition) is 5. The number of nitrogens with one attached hydrogen (secondary N) is 1. The van der Waals surface area contributed by atoms with Crippen molar-refractivity contribution in [1.29, 1.82) is 5.41 Å². The second-order valence-corrected chi connectivity index (χ2v) is 6.41. The maximum atomic E-state index is 11.1. The fraction of sp³-hybridized carbons (Fsp3) is 0.273. The Kier molecular flexibility index (Phi) is 3.56. The van der Waals surface area contributed by atoms with E-state index in [1.807, 2.05) is 6.92 Å². The summed E-state index contributed by atoms with van der Waals surface area (Å²) in [7, 11) is -4.19. The molecule has 1 aromatic carbocycles. The standard InChI is InChI=1S/C11H12N2O3S2/c1-7-2-3-9(18(14,15)16)4-10(7)11-13-8(5-12)6-17-11/h2-5,11-12H,6H2,1H3,(H,14,15,16). The Hall–Kier alpha value is -1.18. The summed E-state index contributed by atoms with van der Waals surface area (Å²) in [5, 5.41) is 6.94. The van der Waals surface area contributed by atoms with Gasteiger partial charge in [-0.2, -0.15) is 8.42 Å². The molecule has 1 aliphatic heterocycles. The van der Waals surface area contributed by atoms with E-state index in [4.69, 9.17) is 9.96 Å². The highest BCUT2D eigenvalue weighted by Crippen LogP contribution is 2.37. The van der Waals surface area contributed by atoms with Crippen molar-refractivity contribution in [2.75, 3.05) is 5.75 Å². The van der Waals surface area contributed by atoms with Gasteiger partial charge in [0.25, 0.3) is 10.1 Å². The van der Waals surface area contributed by atoms with Crippen molar-refractivity contribution in [3.05, 3.63) is 29.3 Å². The monoisotopic (exact) mass is 284 g/mol. The van der Waals surface area contributed by atoms with Crippen molar-refractivity contribution in [3.8, 4) is 0 Å². The Balaban J connectivity index is 2.45. The summed E-state index contributed by atoms with van der Waals surface area (Å²) in [4.78, 5) is 4.20. The largest absolute Gasteiger partial charge is 0.307 e. The zero-order valence-electron chi connectivity index (χ0n) is 9.62. The first-order valence-corrected chi connectivity index (χ1v) is 7.67. The van der Waals surface area contributed by atoms with Crippen LogP contribution in [-0.4, -0.2) is 30.6 Å². The smallest absolute Gasteiger partial charge is 0.294 e. The summed E-state index contributed by atoms with van der Waals surface area (Å²) < 4.78 is 31.3. The van der Waals surface area contributed by atoms with Gasteiger partial charge >= 0.3 is 0 Å². The Labute approximate surface area is 110 Å². The van der Waals surface area contributed by atoms with E-state index in [0.717, 1.165) is 11.1 Å². The highest BCUT2D eigenvalue weighted by molar-refractivity contribution is 8.00. The molecule has 0 aromatic heterocycles. The molecule has 0 amide bonds. The molecule has 1 unspecified atom stereocenters. The number of benzene rings is 1. The fourth-order valence-corrected chi connectivity index (χ4v) is 3.32. The van der Waals surface area contributed by atoms with Crippen LogP contribution in [0.15, 0.2) is 28.1 Å². The number of aryl methyl sites for hydroxylation is 1. The summed E-state index contributed by atoms with van der Waals surface area (Å²) >= 11 is 1.53. The summed E-state index contributed by atoms with van der Waals surface area (Å²) in [6.07, 6.45) is 1.20. The van der Waals surface area contributed by atoms with E-state index < -0.39 is 10.1 Å². The van der Waals surface area contributed by atoms with Crippen LogP contribution in [0, 0.1) is 12.3 Å². The minimum atomic E-state index is -4.19. The lowest BCUT2D eigenvalue weighted by Crippen LogP contribution is -2.01. The van der Waals surface area contributed by atoms with Gasteiger partial charge in [0.2, 0.25) is 0 Å². The molecule has 7 heteroatoms. The molecule has 18 heavy (non-hydrogen) atoms. The molecule has 2 N–H and O–H groups in total. The Morgan fingerprint density at radius 3 is 2.83 bits per heavy atom. The molecule has 0 spiro atoms. The first-order valence-electron chi connectivity index (χ1n) is 5.18.